The quantitative estimate of drug-likeness (QED) is 0.918. The zero-order valence-corrected chi connectivity index (χ0v) is 12.9. The number of hydrogen-bond donors (Lipinski definition) is 1. The lowest BCUT2D eigenvalue weighted by Gasteiger charge is -2.40. The second kappa shape index (κ2) is 6.89. The van der Waals surface area contributed by atoms with E-state index < -0.39 is 0 Å². The van der Waals surface area contributed by atoms with Gasteiger partial charge >= 0.3 is 0 Å². The molecule has 1 N–H and O–H groups in total. The fourth-order valence-electron chi connectivity index (χ4n) is 3.95. The highest BCUT2D eigenvalue weighted by Gasteiger charge is 2.34. The standard InChI is InChI=1S/C18H27FN2/c19-17-8-3-2-7-16(17)9-14-21-13-6-12-20-18(15-21)10-4-1-5-11-18/h2-3,7-8,20H,1,4-6,9-15H2. The van der Waals surface area contributed by atoms with Crippen LogP contribution in [0.2, 0.25) is 0 Å². The first-order valence-electron chi connectivity index (χ1n) is 8.48. The average Bonchev–Trinajstić information content (AvgIpc) is 2.70. The number of hydrogen-bond acceptors (Lipinski definition) is 2. The van der Waals surface area contributed by atoms with Gasteiger partial charge in [0, 0.05) is 18.6 Å². The van der Waals surface area contributed by atoms with Gasteiger partial charge in [-0.25, -0.2) is 4.39 Å². The molecule has 2 nitrogen and oxygen atoms in total. The van der Waals surface area contributed by atoms with Crippen molar-refractivity contribution in [2.75, 3.05) is 26.2 Å². The monoisotopic (exact) mass is 290 g/mol. The molecule has 0 aromatic heterocycles. The number of nitrogens with one attached hydrogen (secondary N) is 1. The van der Waals surface area contributed by atoms with E-state index in [2.05, 4.69) is 10.2 Å². The van der Waals surface area contributed by atoms with Gasteiger partial charge in [-0.2, -0.15) is 0 Å². The summed E-state index contributed by atoms with van der Waals surface area (Å²) in [4.78, 5) is 2.55. The van der Waals surface area contributed by atoms with Crippen molar-refractivity contribution in [1.82, 2.24) is 10.2 Å². The first-order valence-corrected chi connectivity index (χ1v) is 8.48. The Morgan fingerprint density at radius 1 is 1.10 bits per heavy atom. The molecule has 2 aliphatic rings. The van der Waals surface area contributed by atoms with Crippen LogP contribution in [0.15, 0.2) is 24.3 Å². The summed E-state index contributed by atoms with van der Waals surface area (Å²) in [6, 6.07) is 7.19. The Balaban J connectivity index is 1.60. The van der Waals surface area contributed by atoms with Crippen molar-refractivity contribution >= 4 is 0 Å². The molecule has 0 atom stereocenters. The third kappa shape index (κ3) is 3.83. The molecule has 1 spiro atoms. The van der Waals surface area contributed by atoms with Crippen LogP contribution < -0.4 is 5.32 Å². The Morgan fingerprint density at radius 2 is 1.90 bits per heavy atom. The summed E-state index contributed by atoms with van der Waals surface area (Å²) in [5, 5.41) is 3.82. The number of nitrogens with zero attached hydrogens (tertiary/aromatic N) is 1. The van der Waals surface area contributed by atoms with Crippen LogP contribution in [0.5, 0.6) is 0 Å². The molecule has 116 valence electrons. The molecule has 1 aliphatic heterocycles. The molecule has 1 heterocycles. The molecule has 0 unspecified atom stereocenters. The molecule has 21 heavy (non-hydrogen) atoms. The average molecular weight is 290 g/mol. The van der Waals surface area contributed by atoms with Crippen molar-refractivity contribution in [2.24, 2.45) is 0 Å². The topological polar surface area (TPSA) is 15.3 Å². The number of benzene rings is 1. The summed E-state index contributed by atoms with van der Waals surface area (Å²) in [5.41, 5.74) is 1.19. The molecular formula is C18H27FN2. The number of halogens is 1. The van der Waals surface area contributed by atoms with E-state index in [-0.39, 0.29) is 5.82 Å². The van der Waals surface area contributed by atoms with E-state index in [9.17, 15) is 4.39 Å². The summed E-state index contributed by atoms with van der Waals surface area (Å²) in [6.07, 6.45) is 8.75. The summed E-state index contributed by atoms with van der Waals surface area (Å²) >= 11 is 0. The van der Waals surface area contributed by atoms with E-state index in [1.807, 2.05) is 12.1 Å². The van der Waals surface area contributed by atoms with Crippen molar-refractivity contribution in [1.29, 1.82) is 0 Å². The predicted molar refractivity (Wildman–Crippen MR) is 85.0 cm³/mol. The van der Waals surface area contributed by atoms with Crippen molar-refractivity contribution < 1.29 is 4.39 Å². The second-order valence-electron chi connectivity index (χ2n) is 6.74. The Hall–Kier alpha value is -0.930. The maximum atomic E-state index is 13.7. The van der Waals surface area contributed by atoms with Crippen molar-refractivity contribution in [3.63, 3.8) is 0 Å². The molecule has 0 radical (unpaired) electrons. The maximum Gasteiger partial charge on any atom is 0.126 e. The number of rotatable bonds is 3. The van der Waals surface area contributed by atoms with Crippen LogP contribution in [0, 0.1) is 5.82 Å². The van der Waals surface area contributed by atoms with Gasteiger partial charge < -0.3 is 10.2 Å². The lowest BCUT2D eigenvalue weighted by atomic mass is 9.81. The van der Waals surface area contributed by atoms with E-state index in [0.29, 0.717) is 5.54 Å². The molecule has 0 amide bonds. The Labute approximate surface area is 127 Å². The van der Waals surface area contributed by atoms with E-state index in [1.54, 1.807) is 12.1 Å². The summed E-state index contributed by atoms with van der Waals surface area (Å²) < 4.78 is 13.7. The lowest BCUT2D eigenvalue weighted by molar-refractivity contribution is 0.165. The van der Waals surface area contributed by atoms with Crippen LogP contribution in [0.25, 0.3) is 0 Å². The predicted octanol–water partition coefficient (Wildman–Crippen LogP) is 3.37. The first-order chi connectivity index (χ1) is 10.3. The van der Waals surface area contributed by atoms with Crippen LogP contribution in [0.1, 0.15) is 44.1 Å². The highest BCUT2D eigenvalue weighted by Crippen LogP contribution is 2.30. The third-order valence-electron chi connectivity index (χ3n) is 5.14. The minimum Gasteiger partial charge on any atom is -0.310 e. The summed E-state index contributed by atoms with van der Waals surface area (Å²) in [5.74, 6) is -0.0576. The van der Waals surface area contributed by atoms with Crippen molar-refractivity contribution in [3.05, 3.63) is 35.6 Å². The van der Waals surface area contributed by atoms with Crippen LogP contribution in [-0.2, 0) is 6.42 Å². The van der Waals surface area contributed by atoms with Crippen LogP contribution in [0.3, 0.4) is 0 Å². The SMILES string of the molecule is Fc1ccccc1CCN1CCCNC2(CCCCC2)C1. The molecular weight excluding hydrogens is 263 g/mol. The highest BCUT2D eigenvalue weighted by atomic mass is 19.1. The first kappa shape index (κ1) is 15.0. The molecule has 2 fully saturated rings. The van der Waals surface area contributed by atoms with Gasteiger partial charge in [-0.15, -0.1) is 0 Å². The molecule has 1 aromatic rings. The van der Waals surface area contributed by atoms with E-state index in [1.165, 1.54) is 38.5 Å². The molecule has 3 heteroatoms. The van der Waals surface area contributed by atoms with Gasteiger partial charge in [-0.1, -0.05) is 37.5 Å². The normalized spacial score (nSPS) is 23.1. The Bertz CT molecular complexity index is 454. The molecule has 0 bridgehead atoms. The minimum absolute atomic E-state index is 0.0576. The van der Waals surface area contributed by atoms with E-state index in [4.69, 9.17) is 0 Å². The molecule has 3 rings (SSSR count). The molecule has 1 aliphatic carbocycles. The zero-order chi connectivity index (χ0) is 14.5. The van der Waals surface area contributed by atoms with E-state index >= 15 is 0 Å². The Kier molecular flexibility index (Phi) is 4.91. The van der Waals surface area contributed by atoms with E-state index in [0.717, 1.165) is 38.2 Å². The van der Waals surface area contributed by atoms with Gasteiger partial charge in [-0.05, 0) is 50.4 Å². The molecule has 1 saturated carbocycles. The van der Waals surface area contributed by atoms with Gasteiger partial charge in [0.1, 0.15) is 5.82 Å². The fraction of sp³-hybridized carbons (Fsp3) is 0.667. The maximum absolute atomic E-state index is 13.7. The minimum atomic E-state index is -0.0576. The van der Waals surface area contributed by atoms with Crippen molar-refractivity contribution in [3.8, 4) is 0 Å². The summed E-state index contributed by atoms with van der Waals surface area (Å²) in [7, 11) is 0. The van der Waals surface area contributed by atoms with Crippen molar-refractivity contribution in [2.45, 2.75) is 50.5 Å². The molecule has 1 saturated heterocycles. The van der Waals surface area contributed by atoms with Gasteiger partial charge in [0.2, 0.25) is 0 Å². The highest BCUT2D eigenvalue weighted by molar-refractivity contribution is 5.17. The Morgan fingerprint density at radius 3 is 2.71 bits per heavy atom. The molecule has 1 aromatic carbocycles. The third-order valence-corrected chi connectivity index (χ3v) is 5.14. The van der Waals surface area contributed by atoms with Gasteiger partial charge in [-0.3, -0.25) is 0 Å². The second-order valence-corrected chi connectivity index (χ2v) is 6.74. The van der Waals surface area contributed by atoms with Crippen LogP contribution in [-0.4, -0.2) is 36.6 Å². The van der Waals surface area contributed by atoms with Gasteiger partial charge in [0.25, 0.3) is 0 Å². The lowest BCUT2D eigenvalue weighted by Crippen LogP contribution is -2.52. The van der Waals surface area contributed by atoms with Crippen LogP contribution >= 0.6 is 0 Å². The van der Waals surface area contributed by atoms with Crippen LogP contribution in [0.4, 0.5) is 4.39 Å². The van der Waals surface area contributed by atoms with Gasteiger partial charge in [0.15, 0.2) is 0 Å². The zero-order valence-electron chi connectivity index (χ0n) is 12.9. The summed E-state index contributed by atoms with van der Waals surface area (Å²) in [6.45, 7) is 4.39. The smallest absolute Gasteiger partial charge is 0.126 e. The fourth-order valence-corrected chi connectivity index (χ4v) is 3.95. The van der Waals surface area contributed by atoms with Gasteiger partial charge in [0.05, 0.1) is 0 Å². The largest absolute Gasteiger partial charge is 0.310 e.